The minimum absolute atomic E-state index is 0.00732. The van der Waals surface area contributed by atoms with Gasteiger partial charge in [-0.25, -0.2) is 9.18 Å². The first kappa shape index (κ1) is 19.0. The summed E-state index contributed by atoms with van der Waals surface area (Å²) in [5.41, 5.74) is 0.401. The number of halogens is 1. The number of hydrogen-bond acceptors (Lipinski definition) is 4. The van der Waals surface area contributed by atoms with Crippen LogP contribution in [0.15, 0.2) is 18.2 Å². The van der Waals surface area contributed by atoms with Crippen LogP contribution in [-0.4, -0.2) is 53.8 Å². The third-order valence-electron chi connectivity index (χ3n) is 4.20. The number of anilines is 1. The van der Waals surface area contributed by atoms with Crippen LogP contribution in [0.25, 0.3) is 0 Å². The van der Waals surface area contributed by atoms with Crippen LogP contribution in [0.1, 0.15) is 26.7 Å². The van der Waals surface area contributed by atoms with Gasteiger partial charge in [-0.15, -0.1) is 0 Å². The van der Waals surface area contributed by atoms with Crippen LogP contribution in [0.3, 0.4) is 0 Å². The lowest BCUT2D eigenvalue weighted by molar-refractivity contribution is -0.139. The molecule has 25 heavy (non-hydrogen) atoms. The molecule has 1 aliphatic rings. The Kier molecular flexibility index (Phi) is 6.58. The average molecular weight is 353 g/mol. The molecule has 2 amide bonds. The van der Waals surface area contributed by atoms with Gasteiger partial charge in [0.2, 0.25) is 0 Å². The van der Waals surface area contributed by atoms with E-state index in [-0.39, 0.29) is 24.4 Å². The van der Waals surface area contributed by atoms with Crippen LogP contribution in [0.5, 0.6) is 5.75 Å². The van der Waals surface area contributed by atoms with Crippen molar-refractivity contribution in [3.05, 3.63) is 24.0 Å². The van der Waals surface area contributed by atoms with E-state index in [1.165, 1.54) is 18.2 Å². The second kappa shape index (κ2) is 8.66. The zero-order chi connectivity index (χ0) is 18.4. The highest BCUT2D eigenvalue weighted by Crippen LogP contribution is 2.27. The molecule has 8 heteroatoms. The third-order valence-corrected chi connectivity index (χ3v) is 4.20. The zero-order valence-corrected chi connectivity index (χ0v) is 14.4. The number of nitrogens with zero attached hydrogens (tertiary/aromatic N) is 1. The molecule has 0 spiro atoms. The number of hydrogen-bond donors (Lipinski definition) is 3. The van der Waals surface area contributed by atoms with Gasteiger partial charge in [0.25, 0.3) is 0 Å². The molecule has 0 heterocycles. The smallest absolute Gasteiger partial charge is 0.319 e. The standard InChI is InChI=1S/C17H24FN3O4/c1-3-21(10-16(22)23)13-8-12(9-13)19-17(24)20-14-6-5-11(18)7-15(14)25-4-2/h5-7,12-13H,3-4,8-10H2,1-2H3,(H,22,23)(H2,19,20,24). The van der Waals surface area contributed by atoms with Crippen molar-refractivity contribution in [3.8, 4) is 5.75 Å². The van der Waals surface area contributed by atoms with E-state index in [2.05, 4.69) is 10.6 Å². The van der Waals surface area contributed by atoms with Crippen LogP contribution in [0.4, 0.5) is 14.9 Å². The summed E-state index contributed by atoms with van der Waals surface area (Å²) < 4.78 is 18.6. The first-order valence-corrected chi connectivity index (χ1v) is 8.38. The summed E-state index contributed by atoms with van der Waals surface area (Å²) in [6, 6.07) is 3.69. The van der Waals surface area contributed by atoms with Gasteiger partial charge < -0.3 is 20.5 Å². The van der Waals surface area contributed by atoms with Crippen LogP contribution >= 0.6 is 0 Å². The molecule has 0 aliphatic heterocycles. The first-order valence-electron chi connectivity index (χ1n) is 8.38. The van der Waals surface area contributed by atoms with Crippen molar-refractivity contribution in [2.75, 3.05) is 25.0 Å². The molecule has 2 rings (SSSR count). The Bertz CT molecular complexity index is 620. The van der Waals surface area contributed by atoms with Crippen molar-refractivity contribution in [1.29, 1.82) is 0 Å². The van der Waals surface area contributed by atoms with Gasteiger partial charge in [0.05, 0.1) is 18.8 Å². The van der Waals surface area contributed by atoms with Crippen molar-refractivity contribution < 1.29 is 23.8 Å². The van der Waals surface area contributed by atoms with Gasteiger partial charge in [-0.2, -0.15) is 0 Å². The molecule has 7 nitrogen and oxygen atoms in total. The predicted molar refractivity (Wildman–Crippen MR) is 91.4 cm³/mol. The summed E-state index contributed by atoms with van der Waals surface area (Å²) in [5.74, 6) is -1.01. The monoisotopic (exact) mass is 353 g/mol. The van der Waals surface area contributed by atoms with Gasteiger partial charge in [-0.3, -0.25) is 9.69 Å². The molecule has 1 aromatic rings. The maximum atomic E-state index is 13.3. The predicted octanol–water partition coefficient (Wildman–Crippen LogP) is 2.28. The number of carbonyl (C=O) groups is 2. The van der Waals surface area contributed by atoms with E-state index in [4.69, 9.17) is 9.84 Å². The molecule has 0 radical (unpaired) electrons. The second-order valence-corrected chi connectivity index (χ2v) is 5.95. The van der Waals surface area contributed by atoms with E-state index in [0.29, 0.717) is 31.7 Å². The van der Waals surface area contributed by atoms with Crippen molar-refractivity contribution in [2.24, 2.45) is 0 Å². The Morgan fingerprint density at radius 1 is 1.36 bits per heavy atom. The van der Waals surface area contributed by atoms with Crippen molar-refractivity contribution in [2.45, 2.75) is 38.8 Å². The van der Waals surface area contributed by atoms with Crippen LogP contribution in [-0.2, 0) is 4.79 Å². The number of ether oxygens (including phenoxy) is 1. The zero-order valence-electron chi connectivity index (χ0n) is 14.4. The van der Waals surface area contributed by atoms with Crippen molar-refractivity contribution in [3.63, 3.8) is 0 Å². The van der Waals surface area contributed by atoms with E-state index in [1.807, 2.05) is 11.8 Å². The number of carboxylic acids is 1. The number of carbonyl (C=O) groups excluding carboxylic acids is 1. The molecule has 1 aromatic carbocycles. The first-order chi connectivity index (χ1) is 11.9. The maximum absolute atomic E-state index is 13.3. The molecule has 138 valence electrons. The molecule has 1 aliphatic carbocycles. The number of rotatable bonds is 8. The van der Waals surface area contributed by atoms with E-state index in [9.17, 15) is 14.0 Å². The number of nitrogens with one attached hydrogen (secondary N) is 2. The molecular weight excluding hydrogens is 329 g/mol. The summed E-state index contributed by atoms with van der Waals surface area (Å²) in [5, 5.41) is 14.4. The number of urea groups is 1. The molecule has 1 saturated carbocycles. The van der Waals surface area contributed by atoms with Gasteiger partial charge in [0.15, 0.2) is 0 Å². The van der Waals surface area contributed by atoms with Crippen LogP contribution in [0.2, 0.25) is 0 Å². The number of aliphatic carboxylic acids is 1. The number of carboxylic acid groups (broad SMARTS) is 1. The molecule has 0 unspecified atom stereocenters. The van der Waals surface area contributed by atoms with Crippen molar-refractivity contribution in [1.82, 2.24) is 10.2 Å². The maximum Gasteiger partial charge on any atom is 0.319 e. The lowest BCUT2D eigenvalue weighted by atomic mass is 9.85. The topological polar surface area (TPSA) is 90.9 Å². The highest BCUT2D eigenvalue weighted by molar-refractivity contribution is 5.91. The molecule has 0 bridgehead atoms. The van der Waals surface area contributed by atoms with E-state index in [1.54, 1.807) is 6.92 Å². The molecular formula is C17H24FN3O4. The van der Waals surface area contributed by atoms with Gasteiger partial charge in [-0.1, -0.05) is 6.92 Å². The second-order valence-electron chi connectivity index (χ2n) is 5.95. The Morgan fingerprint density at radius 3 is 2.68 bits per heavy atom. The van der Waals surface area contributed by atoms with Crippen molar-refractivity contribution >= 4 is 17.7 Å². The van der Waals surface area contributed by atoms with Gasteiger partial charge in [0, 0.05) is 18.2 Å². The molecule has 0 atom stereocenters. The van der Waals surface area contributed by atoms with Gasteiger partial charge in [-0.05, 0) is 38.4 Å². The highest BCUT2D eigenvalue weighted by Gasteiger charge is 2.34. The molecule has 0 saturated heterocycles. The Morgan fingerprint density at radius 2 is 2.08 bits per heavy atom. The molecule has 3 N–H and O–H groups in total. The Balaban J connectivity index is 1.83. The third kappa shape index (κ3) is 5.32. The fourth-order valence-corrected chi connectivity index (χ4v) is 2.89. The van der Waals surface area contributed by atoms with E-state index in [0.717, 1.165) is 0 Å². The highest BCUT2D eigenvalue weighted by atomic mass is 19.1. The fraction of sp³-hybridized carbons (Fsp3) is 0.529. The molecule has 1 fully saturated rings. The Labute approximate surface area is 146 Å². The summed E-state index contributed by atoms with van der Waals surface area (Å²) in [4.78, 5) is 24.8. The number of likely N-dealkylation sites (N-methyl/N-ethyl adjacent to an activating group) is 1. The minimum Gasteiger partial charge on any atom is -0.492 e. The lowest BCUT2D eigenvalue weighted by Gasteiger charge is -2.42. The minimum atomic E-state index is -0.851. The SMILES string of the molecule is CCOc1cc(F)ccc1NC(=O)NC1CC(N(CC)CC(=O)O)C1. The molecule has 0 aromatic heterocycles. The largest absolute Gasteiger partial charge is 0.492 e. The average Bonchev–Trinajstić information content (AvgIpc) is 2.51. The summed E-state index contributed by atoms with van der Waals surface area (Å²) >= 11 is 0. The summed E-state index contributed by atoms with van der Waals surface area (Å²) in [7, 11) is 0. The lowest BCUT2D eigenvalue weighted by Crippen LogP contribution is -2.55. The quantitative estimate of drug-likeness (QED) is 0.667. The number of benzene rings is 1. The van der Waals surface area contributed by atoms with Crippen LogP contribution in [0, 0.1) is 5.82 Å². The Hall–Kier alpha value is -2.35. The normalized spacial score (nSPS) is 19.2. The fourth-order valence-electron chi connectivity index (χ4n) is 2.89. The van der Waals surface area contributed by atoms with Gasteiger partial charge >= 0.3 is 12.0 Å². The van der Waals surface area contributed by atoms with Crippen LogP contribution < -0.4 is 15.4 Å². The van der Waals surface area contributed by atoms with E-state index >= 15 is 0 Å². The summed E-state index contributed by atoms with van der Waals surface area (Å²) in [6.07, 6.45) is 1.41. The van der Waals surface area contributed by atoms with Gasteiger partial charge in [0.1, 0.15) is 11.6 Å². The number of amides is 2. The summed E-state index contributed by atoms with van der Waals surface area (Å²) in [6.45, 7) is 4.72. The van der Waals surface area contributed by atoms with E-state index < -0.39 is 17.8 Å².